The smallest absolute Gasteiger partial charge is 0.292 e. The lowest BCUT2D eigenvalue weighted by Gasteiger charge is -2.07. The second-order valence-corrected chi connectivity index (χ2v) is 6.53. The first-order valence-corrected chi connectivity index (χ1v) is 9.09. The summed E-state index contributed by atoms with van der Waals surface area (Å²) in [5.41, 5.74) is 7.94. The third kappa shape index (κ3) is 7.49. The summed E-state index contributed by atoms with van der Waals surface area (Å²) >= 11 is 0. The molecule has 0 unspecified atom stereocenters. The zero-order chi connectivity index (χ0) is 17.1. The van der Waals surface area contributed by atoms with E-state index in [-0.39, 0.29) is 10.6 Å². The van der Waals surface area contributed by atoms with Gasteiger partial charge in [0.05, 0.1) is 4.92 Å². The van der Waals surface area contributed by atoms with Gasteiger partial charge in [-0.2, -0.15) is 0 Å². The van der Waals surface area contributed by atoms with Gasteiger partial charge in [0.15, 0.2) is 0 Å². The second-order valence-electron chi connectivity index (χ2n) is 6.53. The Balaban J connectivity index is 2.20. The predicted molar refractivity (Wildman–Crippen MR) is 97.8 cm³/mol. The van der Waals surface area contributed by atoms with Gasteiger partial charge in [0.2, 0.25) is 0 Å². The number of aryl methyl sites for hydroxylation is 2. The molecule has 1 aromatic rings. The first-order chi connectivity index (χ1) is 11.1. The lowest BCUT2D eigenvalue weighted by atomic mass is 10.0. The Bertz CT molecular complexity index is 487. The summed E-state index contributed by atoms with van der Waals surface area (Å²) in [7, 11) is 0. The summed E-state index contributed by atoms with van der Waals surface area (Å²) in [5.74, 6) is 0. The molecule has 0 aliphatic heterocycles. The molecule has 0 amide bonds. The Morgan fingerprint density at radius 2 is 1.48 bits per heavy atom. The fourth-order valence-corrected chi connectivity index (χ4v) is 2.96. The summed E-state index contributed by atoms with van der Waals surface area (Å²) in [6.07, 6.45) is 13.9. The molecule has 4 heteroatoms. The molecular weight excluding hydrogens is 288 g/mol. The Labute approximate surface area is 140 Å². The van der Waals surface area contributed by atoms with Crippen molar-refractivity contribution in [3.63, 3.8) is 0 Å². The minimum atomic E-state index is -0.385. The van der Waals surface area contributed by atoms with Gasteiger partial charge < -0.3 is 5.73 Å². The highest BCUT2D eigenvalue weighted by Crippen LogP contribution is 2.27. The van der Waals surface area contributed by atoms with Gasteiger partial charge in [0.25, 0.3) is 5.69 Å². The molecule has 0 atom stereocenters. The van der Waals surface area contributed by atoms with Crippen LogP contribution in [-0.4, -0.2) is 4.92 Å². The third-order valence-corrected chi connectivity index (χ3v) is 4.44. The van der Waals surface area contributed by atoms with Crippen LogP contribution < -0.4 is 5.73 Å². The van der Waals surface area contributed by atoms with E-state index < -0.39 is 0 Å². The highest BCUT2D eigenvalue weighted by Gasteiger charge is 2.14. The van der Waals surface area contributed by atoms with Crippen molar-refractivity contribution in [2.75, 3.05) is 5.73 Å². The third-order valence-electron chi connectivity index (χ3n) is 4.44. The van der Waals surface area contributed by atoms with Crippen LogP contribution in [0, 0.1) is 17.0 Å². The van der Waals surface area contributed by atoms with Crippen molar-refractivity contribution >= 4 is 11.4 Å². The van der Waals surface area contributed by atoms with Crippen LogP contribution in [0.3, 0.4) is 0 Å². The number of unbranched alkanes of at least 4 members (excludes halogenated alkanes) is 9. The quantitative estimate of drug-likeness (QED) is 0.224. The molecule has 0 heterocycles. The minimum absolute atomic E-state index is 0.0482. The van der Waals surface area contributed by atoms with Crippen LogP contribution >= 0.6 is 0 Å². The van der Waals surface area contributed by atoms with Crippen molar-refractivity contribution in [3.05, 3.63) is 33.4 Å². The van der Waals surface area contributed by atoms with E-state index >= 15 is 0 Å². The van der Waals surface area contributed by atoms with Crippen molar-refractivity contribution in [2.45, 2.75) is 84.5 Å². The van der Waals surface area contributed by atoms with Gasteiger partial charge in [-0.25, -0.2) is 0 Å². The topological polar surface area (TPSA) is 69.2 Å². The lowest BCUT2D eigenvalue weighted by Crippen LogP contribution is -2.00. The van der Waals surface area contributed by atoms with Crippen LogP contribution in [0.2, 0.25) is 0 Å². The summed E-state index contributed by atoms with van der Waals surface area (Å²) in [6, 6.07) is 3.62. The second kappa shape index (κ2) is 11.0. The molecule has 1 aromatic carbocycles. The average molecular weight is 320 g/mol. The summed E-state index contributed by atoms with van der Waals surface area (Å²) in [6.45, 7) is 4.08. The molecule has 2 N–H and O–H groups in total. The van der Waals surface area contributed by atoms with E-state index in [9.17, 15) is 10.1 Å². The zero-order valence-electron chi connectivity index (χ0n) is 14.8. The molecule has 0 saturated carbocycles. The predicted octanol–water partition coefficient (Wildman–Crippen LogP) is 5.95. The van der Waals surface area contributed by atoms with Crippen LogP contribution in [0.5, 0.6) is 0 Å². The lowest BCUT2D eigenvalue weighted by molar-refractivity contribution is -0.384. The van der Waals surface area contributed by atoms with Gasteiger partial charge in [0, 0.05) is 6.07 Å². The number of nitro benzene ring substituents is 1. The highest BCUT2D eigenvalue weighted by molar-refractivity contribution is 5.64. The van der Waals surface area contributed by atoms with Crippen molar-refractivity contribution in [1.82, 2.24) is 0 Å². The van der Waals surface area contributed by atoms with E-state index in [0.29, 0.717) is 5.69 Å². The van der Waals surface area contributed by atoms with E-state index in [1.807, 2.05) is 13.0 Å². The van der Waals surface area contributed by atoms with Crippen LogP contribution in [0.25, 0.3) is 0 Å². The van der Waals surface area contributed by atoms with Gasteiger partial charge in [-0.05, 0) is 30.9 Å². The van der Waals surface area contributed by atoms with Crippen molar-refractivity contribution in [2.24, 2.45) is 0 Å². The SMILES string of the molecule is CCCCCCCCCCCCc1cc(C)c(N)c([N+](=O)[O-])c1. The minimum Gasteiger partial charge on any atom is -0.393 e. The van der Waals surface area contributed by atoms with E-state index in [0.717, 1.165) is 24.0 Å². The number of rotatable bonds is 12. The zero-order valence-corrected chi connectivity index (χ0v) is 14.8. The Morgan fingerprint density at radius 1 is 0.957 bits per heavy atom. The van der Waals surface area contributed by atoms with Gasteiger partial charge in [-0.3, -0.25) is 10.1 Å². The number of benzene rings is 1. The van der Waals surface area contributed by atoms with Crippen LogP contribution in [0.15, 0.2) is 12.1 Å². The largest absolute Gasteiger partial charge is 0.393 e. The first kappa shape index (κ1) is 19.5. The van der Waals surface area contributed by atoms with Crippen LogP contribution in [-0.2, 0) is 6.42 Å². The standard InChI is InChI=1S/C19H32N2O2/c1-3-4-5-6-7-8-9-10-11-12-13-17-14-16(2)19(20)18(15-17)21(22)23/h14-15H,3-13,20H2,1-2H3. The number of nitro groups is 1. The Morgan fingerprint density at radius 3 is 2.00 bits per heavy atom. The Hall–Kier alpha value is -1.58. The highest BCUT2D eigenvalue weighted by atomic mass is 16.6. The molecule has 0 fully saturated rings. The Kier molecular flexibility index (Phi) is 9.34. The maximum Gasteiger partial charge on any atom is 0.292 e. The molecule has 4 nitrogen and oxygen atoms in total. The molecule has 0 radical (unpaired) electrons. The molecule has 130 valence electrons. The number of hydrogen-bond donors (Lipinski definition) is 1. The van der Waals surface area contributed by atoms with Gasteiger partial charge in [-0.15, -0.1) is 0 Å². The summed E-state index contributed by atoms with van der Waals surface area (Å²) < 4.78 is 0. The summed E-state index contributed by atoms with van der Waals surface area (Å²) in [5, 5.41) is 11.0. The molecule has 0 aromatic heterocycles. The van der Waals surface area contributed by atoms with Gasteiger partial charge in [-0.1, -0.05) is 70.8 Å². The van der Waals surface area contributed by atoms with Gasteiger partial charge >= 0.3 is 0 Å². The molecule has 0 aliphatic rings. The van der Waals surface area contributed by atoms with Crippen LogP contribution in [0.1, 0.15) is 82.3 Å². The maximum atomic E-state index is 11.0. The van der Waals surface area contributed by atoms with Crippen molar-refractivity contribution in [1.29, 1.82) is 0 Å². The molecule has 0 aliphatic carbocycles. The number of anilines is 1. The fraction of sp³-hybridized carbons (Fsp3) is 0.684. The molecule has 1 rings (SSSR count). The van der Waals surface area contributed by atoms with Crippen LogP contribution in [0.4, 0.5) is 11.4 Å². The van der Waals surface area contributed by atoms with Crippen molar-refractivity contribution in [3.8, 4) is 0 Å². The number of nitrogens with two attached hydrogens (primary N) is 1. The van der Waals surface area contributed by atoms with Gasteiger partial charge in [0.1, 0.15) is 5.69 Å². The van der Waals surface area contributed by atoms with E-state index in [4.69, 9.17) is 5.73 Å². The normalized spacial score (nSPS) is 10.9. The van der Waals surface area contributed by atoms with Crippen molar-refractivity contribution < 1.29 is 4.92 Å². The molecular formula is C19H32N2O2. The van der Waals surface area contributed by atoms with E-state index in [1.165, 1.54) is 57.8 Å². The fourth-order valence-electron chi connectivity index (χ4n) is 2.96. The molecule has 0 spiro atoms. The number of nitrogen functional groups attached to an aromatic ring is 1. The average Bonchev–Trinajstić information content (AvgIpc) is 2.52. The first-order valence-electron chi connectivity index (χ1n) is 9.09. The molecule has 0 saturated heterocycles. The molecule has 0 bridgehead atoms. The number of hydrogen-bond acceptors (Lipinski definition) is 3. The van der Waals surface area contributed by atoms with E-state index in [2.05, 4.69) is 6.92 Å². The monoisotopic (exact) mass is 320 g/mol. The van der Waals surface area contributed by atoms with E-state index in [1.54, 1.807) is 6.07 Å². The maximum absolute atomic E-state index is 11.0. The molecule has 23 heavy (non-hydrogen) atoms. The summed E-state index contributed by atoms with van der Waals surface area (Å²) in [4.78, 5) is 10.6. The number of nitrogens with zero attached hydrogens (tertiary/aromatic N) is 1.